The standard InChI is InChI=1S/C17H22N2O3S/c1-12(2)14-6-8-15(9-7-14)23(20,21)19-10-4-5-17(19)16-11-13(3)22-18-16/h6-9,11-12,17H,4-5,10H2,1-3H3/t17-/m0/s1. The number of nitrogens with zero attached hydrogens (tertiary/aromatic N) is 2. The molecule has 0 aliphatic carbocycles. The third-order valence-corrected chi connectivity index (χ3v) is 6.27. The van der Waals surface area contributed by atoms with Gasteiger partial charge in [-0.15, -0.1) is 0 Å². The van der Waals surface area contributed by atoms with Crippen molar-refractivity contribution in [2.45, 2.75) is 50.5 Å². The number of sulfonamides is 1. The van der Waals surface area contributed by atoms with Gasteiger partial charge in [-0.25, -0.2) is 8.42 Å². The zero-order chi connectivity index (χ0) is 16.6. The first-order valence-electron chi connectivity index (χ1n) is 7.94. The number of aryl methyl sites for hydroxylation is 1. The van der Waals surface area contributed by atoms with E-state index in [4.69, 9.17) is 4.52 Å². The molecule has 3 rings (SSSR count). The van der Waals surface area contributed by atoms with E-state index in [1.54, 1.807) is 16.4 Å². The Kier molecular flexibility index (Phi) is 4.29. The predicted octanol–water partition coefficient (Wildman–Crippen LogP) is 3.63. The molecule has 1 atom stereocenters. The van der Waals surface area contributed by atoms with Gasteiger partial charge in [-0.3, -0.25) is 0 Å². The summed E-state index contributed by atoms with van der Waals surface area (Å²) in [5.74, 6) is 1.08. The third kappa shape index (κ3) is 3.05. The van der Waals surface area contributed by atoms with E-state index in [9.17, 15) is 8.42 Å². The van der Waals surface area contributed by atoms with Gasteiger partial charge in [0.15, 0.2) is 0 Å². The van der Waals surface area contributed by atoms with Crippen LogP contribution in [0.25, 0.3) is 0 Å². The first kappa shape index (κ1) is 16.2. The SMILES string of the molecule is Cc1cc([C@@H]2CCCN2S(=O)(=O)c2ccc(C(C)C)cc2)no1. The van der Waals surface area contributed by atoms with Crippen molar-refractivity contribution < 1.29 is 12.9 Å². The molecule has 0 radical (unpaired) electrons. The molecule has 5 nitrogen and oxygen atoms in total. The van der Waals surface area contributed by atoms with Crippen molar-refractivity contribution in [1.82, 2.24) is 9.46 Å². The summed E-state index contributed by atoms with van der Waals surface area (Å²) in [7, 11) is -3.52. The molecule has 0 saturated carbocycles. The Morgan fingerprint density at radius 1 is 1.26 bits per heavy atom. The van der Waals surface area contributed by atoms with Gasteiger partial charge in [-0.2, -0.15) is 4.31 Å². The van der Waals surface area contributed by atoms with Crippen molar-refractivity contribution in [2.75, 3.05) is 6.54 Å². The van der Waals surface area contributed by atoms with E-state index in [1.807, 2.05) is 25.1 Å². The molecule has 0 spiro atoms. The molecule has 0 unspecified atom stereocenters. The van der Waals surface area contributed by atoms with Crippen LogP contribution in [-0.2, 0) is 10.0 Å². The molecule has 1 aromatic heterocycles. The smallest absolute Gasteiger partial charge is 0.243 e. The summed E-state index contributed by atoms with van der Waals surface area (Å²) in [6.07, 6.45) is 1.61. The minimum absolute atomic E-state index is 0.234. The van der Waals surface area contributed by atoms with Gasteiger partial charge in [0.05, 0.1) is 10.9 Å². The number of benzene rings is 1. The average Bonchev–Trinajstić information content (AvgIpc) is 3.16. The van der Waals surface area contributed by atoms with E-state index in [0.29, 0.717) is 28.8 Å². The van der Waals surface area contributed by atoms with Crippen LogP contribution in [0.15, 0.2) is 39.8 Å². The number of hydrogen-bond donors (Lipinski definition) is 0. The third-order valence-electron chi connectivity index (χ3n) is 4.34. The summed E-state index contributed by atoms with van der Waals surface area (Å²) in [5.41, 5.74) is 1.83. The van der Waals surface area contributed by atoms with Gasteiger partial charge < -0.3 is 4.52 Å². The van der Waals surface area contributed by atoms with E-state index in [2.05, 4.69) is 19.0 Å². The summed E-state index contributed by atoms with van der Waals surface area (Å²) >= 11 is 0. The van der Waals surface area contributed by atoms with Crippen LogP contribution < -0.4 is 0 Å². The van der Waals surface area contributed by atoms with E-state index >= 15 is 0 Å². The molecule has 1 aliphatic heterocycles. The summed E-state index contributed by atoms with van der Waals surface area (Å²) in [6, 6.07) is 8.77. The Hall–Kier alpha value is -1.66. The minimum Gasteiger partial charge on any atom is -0.361 e. The van der Waals surface area contributed by atoms with Crippen molar-refractivity contribution in [2.24, 2.45) is 0 Å². The van der Waals surface area contributed by atoms with Crippen LogP contribution in [0.2, 0.25) is 0 Å². The Balaban J connectivity index is 1.91. The monoisotopic (exact) mass is 334 g/mol. The molecule has 0 N–H and O–H groups in total. The quantitative estimate of drug-likeness (QED) is 0.856. The second-order valence-electron chi connectivity index (χ2n) is 6.36. The molecule has 2 heterocycles. The van der Waals surface area contributed by atoms with Crippen molar-refractivity contribution >= 4 is 10.0 Å². The number of hydrogen-bond acceptors (Lipinski definition) is 4. The van der Waals surface area contributed by atoms with E-state index in [-0.39, 0.29) is 6.04 Å². The molecule has 2 aromatic rings. The van der Waals surface area contributed by atoms with Gasteiger partial charge in [0.1, 0.15) is 11.5 Å². The summed E-state index contributed by atoms with van der Waals surface area (Å²) < 4.78 is 32.6. The largest absolute Gasteiger partial charge is 0.361 e. The molecule has 124 valence electrons. The minimum atomic E-state index is -3.52. The maximum absolute atomic E-state index is 13.0. The highest BCUT2D eigenvalue weighted by atomic mass is 32.2. The molecule has 1 fully saturated rings. The lowest BCUT2D eigenvalue weighted by molar-refractivity contribution is 0.349. The van der Waals surface area contributed by atoms with Crippen molar-refractivity contribution in [3.8, 4) is 0 Å². The lowest BCUT2D eigenvalue weighted by atomic mass is 10.0. The Labute approximate surface area is 137 Å². The van der Waals surface area contributed by atoms with Gasteiger partial charge in [-0.05, 0) is 43.4 Å². The van der Waals surface area contributed by atoms with Gasteiger partial charge in [-0.1, -0.05) is 31.1 Å². The summed E-state index contributed by atoms with van der Waals surface area (Å²) in [5, 5.41) is 4.01. The maximum Gasteiger partial charge on any atom is 0.243 e. The normalized spacial score (nSPS) is 19.6. The highest BCUT2D eigenvalue weighted by molar-refractivity contribution is 7.89. The fourth-order valence-electron chi connectivity index (χ4n) is 3.03. The average molecular weight is 334 g/mol. The van der Waals surface area contributed by atoms with Crippen LogP contribution in [0.1, 0.15) is 55.7 Å². The van der Waals surface area contributed by atoms with Crippen LogP contribution in [0, 0.1) is 6.92 Å². The summed E-state index contributed by atoms with van der Waals surface area (Å²) in [6.45, 7) is 6.51. The lowest BCUT2D eigenvalue weighted by Gasteiger charge is -2.22. The zero-order valence-electron chi connectivity index (χ0n) is 13.7. The fraction of sp³-hybridized carbons (Fsp3) is 0.471. The van der Waals surface area contributed by atoms with Crippen LogP contribution >= 0.6 is 0 Å². The molecule has 1 aliphatic rings. The first-order valence-corrected chi connectivity index (χ1v) is 9.38. The van der Waals surface area contributed by atoms with Gasteiger partial charge in [0, 0.05) is 12.6 Å². The van der Waals surface area contributed by atoms with Crippen LogP contribution in [0.5, 0.6) is 0 Å². The highest BCUT2D eigenvalue weighted by Gasteiger charge is 2.37. The highest BCUT2D eigenvalue weighted by Crippen LogP contribution is 2.36. The molecular weight excluding hydrogens is 312 g/mol. The van der Waals surface area contributed by atoms with E-state index in [0.717, 1.165) is 18.4 Å². The number of rotatable bonds is 4. The van der Waals surface area contributed by atoms with Gasteiger partial charge >= 0.3 is 0 Å². The molecule has 0 amide bonds. The Morgan fingerprint density at radius 2 is 1.96 bits per heavy atom. The maximum atomic E-state index is 13.0. The second-order valence-corrected chi connectivity index (χ2v) is 8.25. The van der Waals surface area contributed by atoms with Crippen molar-refractivity contribution in [3.05, 3.63) is 47.3 Å². The molecule has 1 aromatic carbocycles. The van der Waals surface area contributed by atoms with E-state index in [1.165, 1.54) is 0 Å². The van der Waals surface area contributed by atoms with E-state index < -0.39 is 10.0 Å². The van der Waals surface area contributed by atoms with Crippen LogP contribution in [-0.4, -0.2) is 24.4 Å². The zero-order valence-corrected chi connectivity index (χ0v) is 14.5. The topological polar surface area (TPSA) is 63.4 Å². The molecule has 0 bridgehead atoms. The number of aromatic nitrogens is 1. The lowest BCUT2D eigenvalue weighted by Crippen LogP contribution is -2.30. The van der Waals surface area contributed by atoms with Crippen LogP contribution in [0.3, 0.4) is 0 Å². The van der Waals surface area contributed by atoms with Gasteiger partial charge in [0.2, 0.25) is 10.0 Å². The Morgan fingerprint density at radius 3 is 2.52 bits per heavy atom. The molecule has 6 heteroatoms. The first-order chi connectivity index (χ1) is 10.9. The fourth-order valence-corrected chi connectivity index (χ4v) is 4.69. The molecular formula is C17H22N2O3S. The predicted molar refractivity (Wildman–Crippen MR) is 87.6 cm³/mol. The van der Waals surface area contributed by atoms with Crippen molar-refractivity contribution in [3.63, 3.8) is 0 Å². The molecule has 1 saturated heterocycles. The Bertz CT molecular complexity index is 778. The second kappa shape index (κ2) is 6.09. The summed E-state index contributed by atoms with van der Waals surface area (Å²) in [4.78, 5) is 0.342. The van der Waals surface area contributed by atoms with Crippen LogP contribution in [0.4, 0.5) is 0 Å². The van der Waals surface area contributed by atoms with Gasteiger partial charge in [0.25, 0.3) is 0 Å². The molecule has 23 heavy (non-hydrogen) atoms. The van der Waals surface area contributed by atoms with Crippen molar-refractivity contribution in [1.29, 1.82) is 0 Å².